The number of pyridine rings is 1. The summed E-state index contributed by atoms with van der Waals surface area (Å²) >= 11 is 0. The number of ketones is 2. The number of amides is 6. The SMILES string of the molecule is CCC(=O)[C@H](CCCNC(N)=O)NC(=O)[C@@H](CC(=O)CCC(=O)N(CCOCCOCCC(=O)O)C1CCN(C(=O)CCn2c(CN(C)N(C)C(=O)OCC3c4ccccc4-c4ccccc43)cc3cccnc32)CC1)C(C)C. The lowest BCUT2D eigenvalue weighted by Gasteiger charge is -2.39. The summed E-state index contributed by atoms with van der Waals surface area (Å²) in [5.41, 5.74) is 11.3. The van der Waals surface area contributed by atoms with Crippen LogP contribution in [-0.4, -0.2) is 167 Å². The molecule has 21 heteroatoms. The van der Waals surface area contributed by atoms with Gasteiger partial charge >= 0.3 is 18.1 Å². The molecule has 428 valence electrons. The van der Waals surface area contributed by atoms with Crippen molar-refractivity contribution in [3.05, 3.63) is 89.7 Å². The molecule has 21 nitrogen and oxygen atoms in total. The number of rotatable bonds is 32. The number of Topliss-reactive ketones (excluding diaryl/α,β-unsaturated/α-hetero) is 2. The fourth-order valence-electron chi connectivity index (χ4n) is 10.4. The van der Waals surface area contributed by atoms with Gasteiger partial charge in [0.15, 0.2) is 5.78 Å². The first-order chi connectivity index (χ1) is 38.0. The molecule has 1 aliphatic carbocycles. The number of ether oxygens (including phenoxy) is 3. The van der Waals surface area contributed by atoms with E-state index >= 15 is 0 Å². The maximum Gasteiger partial charge on any atom is 0.424 e. The molecule has 79 heavy (non-hydrogen) atoms. The van der Waals surface area contributed by atoms with E-state index in [0.29, 0.717) is 51.1 Å². The highest BCUT2D eigenvalue weighted by atomic mass is 16.6. The van der Waals surface area contributed by atoms with E-state index in [1.807, 2.05) is 60.9 Å². The molecular formula is C58H79N9O12. The fourth-order valence-corrected chi connectivity index (χ4v) is 10.4. The number of nitrogens with two attached hydrogens (primary N) is 1. The first kappa shape index (κ1) is 61.0. The zero-order valence-corrected chi connectivity index (χ0v) is 46.4. The lowest BCUT2D eigenvalue weighted by atomic mass is 9.88. The number of aliphatic carboxylic acids is 1. The first-order valence-corrected chi connectivity index (χ1v) is 27.5. The third-order valence-corrected chi connectivity index (χ3v) is 14.9. The number of urea groups is 1. The van der Waals surface area contributed by atoms with Crippen molar-refractivity contribution in [2.75, 3.05) is 73.3 Å². The third-order valence-electron chi connectivity index (χ3n) is 14.9. The van der Waals surface area contributed by atoms with Crippen molar-refractivity contribution < 1.29 is 57.7 Å². The number of hydrogen-bond acceptors (Lipinski definition) is 13. The van der Waals surface area contributed by atoms with Gasteiger partial charge in [-0.1, -0.05) is 69.3 Å². The van der Waals surface area contributed by atoms with Crippen molar-refractivity contribution in [2.45, 2.75) is 116 Å². The van der Waals surface area contributed by atoms with Gasteiger partial charge in [0.25, 0.3) is 0 Å². The van der Waals surface area contributed by atoms with E-state index in [-0.39, 0.29) is 132 Å². The van der Waals surface area contributed by atoms with Crippen LogP contribution in [-0.2, 0) is 56.1 Å². The summed E-state index contributed by atoms with van der Waals surface area (Å²) in [4.78, 5) is 112. The Morgan fingerprint density at radius 3 is 2.16 bits per heavy atom. The number of carbonyl (C=O) groups is 8. The summed E-state index contributed by atoms with van der Waals surface area (Å²) in [6.45, 7) is 7.97. The molecule has 4 aromatic rings. The van der Waals surface area contributed by atoms with E-state index in [0.717, 1.165) is 33.3 Å². The van der Waals surface area contributed by atoms with Crippen LogP contribution in [0, 0.1) is 11.8 Å². The van der Waals surface area contributed by atoms with E-state index < -0.39 is 36.0 Å². The molecule has 2 aromatic heterocycles. The number of aryl methyl sites for hydroxylation is 1. The fraction of sp³-hybridized carbons (Fsp3) is 0.534. The van der Waals surface area contributed by atoms with Crippen LogP contribution >= 0.6 is 0 Å². The van der Waals surface area contributed by atoms with Gasteiger partial charge in [0.1, 0.15) is 18.0 Å². The number of hydrogen-bond donors (Lipinski definition) is 4. The van der Waals surface area contributed by atoms with Crippen molar-refractivity contribution in [3.63, 3.8) is 0 Å². The summed E-state index contributed by atoms with van der Waals surface area (Å²) in [5, 5.41) is 18.3. The summed E-state index contributed by atoms with van der Waals surface area (Å²) in [6, 6.07) is 20.5. The van der Waals surface area contributed by atoms with Crippen LogP contribution in [0.15, 0.2) is 72.9 Å². The Kier molecular flexibility index (Phi) is 23.3. The van der Waals surface area contributed by atoms with Gasteiger partial charge in [-0.3, -0.25) is 28.8 Å². The Labute approximate surface area is 462 Å². The lowest BCUT2D eigenvalue weighted by molar-refractivity contribution is -0.139. The Balaban J connectivity index is 1.03. The molecule has 0 radical (unpaired) electrons. The molecule has 2 aliphatic rings. The predicted octanol–water partition coefficient (Wildman–Crippen LogP) is 5.91. The molecule has 3 heterocycles. The normalized spacial score (nSPS) is 14.1. The largest absolute Gasteiger partial charge is 0.481 e. The number of piperidine rings is 1. The van der Waals surface area contributed by atoms with Crippen LogP contribution in [0.1, 0.15) is 108 Å². The first-order valence-electron chi connectivity index (χ1n) is 27.5. The number of likely N-dealkylation sites (tertiary alicyclic amines) is 1. The number of nitrogens with one attached hydrogen (secondary N) is 2. The topological polar surface area (TPSA) is 265 Å². The molecule has 6 amide bonds. The van der Waals surface area contributed by atoms with Crippen molar-refractivity contribution in [1.29, 1.82) is 0 Å². The van der Waals surface area contributed by atoms with Crippen LogP contribution in [0.4, 0.5) is 9.59 Å². The number of carboxylic acids is 1. The summed E-state index contributed by atoms with van der Waals surface area (Å²) in [7, 11) is 3.47. The van der Waals surface area contributed by atoms with Gasteiger partial charge in [0, 0.05) is 114 Å². The molecule has 2 aromatic carbocycles. The van der Waals surface area contributed by atoms with Gasteiger partial charge in [0.2, 0.25) is 17.7 Å². The van der Waals surface area contributed by atoms with Gasteiger partial charge < -0.3 is 50.1 Å². The highest BCUT2D eigenvalue weighted by molar-refractivity contribution is 5.93. The zero-order chi connectivity index (χ0) is 57.0. The molecule has 6 rings (SSSR count). The number of benzene rings is 2. The van der Waals surface area contributed by atoms with Crippen molar-refractivity contribution in [2.24, 2.45) is 17.6 Å². The van der Waals surface area contributed by atoms with Crippen LogP contribution in [0.2, 0.25) is 0 Å². The van der Waals surface area contributed by atoms with Crippen molar-refractivity contribution in [3.8, 4) is 11.1 Å². The number of nitrogens with zero attached hydrogens (tertiary/aromatic N) is 6. The summed E-state index contributed by atoms with van der Waals surface area (Å²) in [6.07, 6.45) is 2.78. The quantitative estimate of drug-likeness (QED) is 0.0328. The van der Waals surface area contributed by atoms with Crippen molar-refractivity contribution in [1.82, 2.24) is 40.0 Å². The number of aromatic nitrogens is 2. The molecule has 0 saturated carbocycles. The molecule has 0 unspecified atom stereocenters. The number of hydrazine groups is 1. The van der Waals surface area contributed by atoms with E-state index in [1.165, 1.54) is 5.01 Å². The second kappa shape index (κ2) is 30.2. The maximum atomic E-state index is 14.1. The van der Waals surface area contributed by atoms with Gasteiger partial charge in [0.05, 0.1) is 45.4 Å². The van der Waals surface area contributed by atoms with Crippen molar-refractivity contribution >= 4 is 58.4 Å². The average Bonchev–Trinajstić information content (AvgIpc) is 4.00. The zero-order valence-electron chi connectivity index (χ0n) is 46.4. The number of primary amides is 1. The minimum absolute atomic E-state index is 0.0439. The van der Waals surface area contributed by atoms with Gasteiger partial charge in [-0.05, 0) is 72.1 Å². The standard InChI is InChI=1S/C58H79N9O12/c1-6-51(69)50(18-12-26-61-57(59)75)62-56(74)48(39(2)3)36-43(68)19-20-53(71)66(30-32-78-34-33-77-31-24-54(72)73)41-21-27-65(28-22-41)52(70)23-29-67-42(35-40-13-11-25-60-55(40)67)37-63(4)64(5)58(76)79-38-49-46-16-9-7-14-44(46)45-15-8-10-17-47(45)49/h7-11,13-17,25,35,39,41,48-50H,6,12,18-24,26-34,36-38H2,1-5H3,(H,62,74)(H,72,73)(H3,59,61,75)/t48-,50-/m0/s1. The molecular weight excluding hydrogens is 1010 g/mol. The van der Waals surface area contributed by atoms with Gasteiger partial charge in [-0.25, -0.2) is 24.6 Å². The highest BCUT2D eigenvalue weighted by Crippen LogP contribution is 2.44. The maximum absolute atomic E-state index is 14.1. The predicted molar refractivity (Wildman–Crippen MR) is 295 cm³/mol. The van der Waals surface area contributed by atoms with E-state index in [1.54, 1.807) is 42.0 Å². The number of carboxylic acid groups (broad SMARTS) is 1. The molecule has 2 atom stereocenters. The summed E-state index contributed by atoms with van der Waals surface area (Å²) in [5.74, 6) is -3.25. The molecule has 1 aliphatic heterocycles. The second-order valence-corrected chi connectivity index (χ2v) is 20.6. The third kappa shape index (κ3) is 17.4. The van der Waals surface area contributed by atoms with Crippen LogP contribution < -0.4 is 16.4 Å². The molecule has 5 N–H and O–H groups in total. The van der Waals surface area contributed by atoms with E-state index in [2.05, 4.69) is 39.9 Å². The molecule has 0 bridgehead atoms. The monoisotopic (exact) mass is 1090 g/mol. The Morgan fingerprint density at radius 2 is 1.52 bits per heavy atom. The number of carbonyl (C=O) groups excluding carboxylic acids is 7. The van der Waals surface area contributed by atoms with Gasteiger partial charge in [-0.15, -0.1) is 0 Å². The Hall–Kier alpha value is -7.23. The Bertz CT molecular complexity index is 2690. The van der Waals surface area contributed by atoms with Crippen LogP contribution in [0.25, 0.3) is 22.2 Å². The molecule has 1 saturated heterocycles. The van der Waals surface area contributed by atoms with Gasteiger partial charge in [-0.2, -0.15) is 0 Å². The minimum Gasteiger partial charge on any atom is -0.481 e. The number of fused-ring (bicyclic) bond motifs is 4. The van der Waals surface area contributed by atoms with E-state index in [9.17, 15) is 38.4 Å². The summed E-state index contributed by atoms with van der Waals surface area (Å²) < 4.78 is 19.1. The minimum atomic E-state index is -0.969. The van der Waals surface area contributed by atoms with Crippen LogP contribution in [0.3, 0.4) is 0 Å². The molecule has 1 fully saturated rings. The average molecular weight is 1090 g/mol. The lowest BCUT2D eigenvalue weighted by Crippen LogP contribution is -2.50. The molecule has 0 spiro atoms. The second-order valence-electron chi connectivity index (χ2n) is 20.6. The smallest absolute Gasteiger partial charge is 0.424 e. The van der Waals surface area contributed by atoms with Crippen LogP contribution in [0.5, 0.6) is 0 Å². The highest BCUT2D eigenvalue weighted by Gasteiger charge is 2.33. The van der Waals surface area contributed by atoms with E-state index in [4.69, 9.17) is 25.1 Å². The Morgan fingerprint density at radius 1 is 0.848 bits per heavy atom.